The standard InChI is InChI=1S/C4H7O/c1-2-3-4-5/h2,5H,4H2,1H3. The van der Waals surface area contributed by atoms with Crippen LogP contribution in [0, 0.1) is 6.08 Å². The molecule has 0 saturated carbocycles. The second kappa shape index (κ2) is 3.70. The van der Waals surface area contributed by atoms with E-state index in [2.05, 4.69) is 6.08 Å². The van der Waals surface area contributed by atoms with Gasteiger partial charge in [0, 0.05) is 0 Å². The van der Waals surface area contributed by atoms with Crippen molar-refractivity contribution >= 4 is 0 Å². The van der Waals surface area contributed by atoms with Gasteiger partial charge in [-0.25, -0.2) is 0 Å². The maximum atomic E-state index is 7.92. The van der Waals surface area contributed by atoms with E-state index < -0.39 is 0 Å². The Labute approximate surface area is 31.9 Å². The number of hydrogen-bond acceptors (Lipinski definition) is 1. The highest BCUT2D eigenvalue weighted by atomic mass is 16.2. The van der Waals surface area contributed by atoms with Gasteiger partial charge in [-0.1, -0.05) is 6.08 Å². The van der Waals surface area contributed by atoms with E-state index in [1.54, 1.807) is 6.08 Å². The third kappa shape index (κ3) is 3.70. The Bertz CT molecular complexity index is 30.6. The van der Waals surface area contributed by atoms with E-state index in [1.165, 1.54) is 0 Å². The second-order valence-electron chi connectivity index (χ2n) is 0.651. The molecule has 0 spiro atoms. The minimum atomic E-state index is 0.0382. The van der Waals surface area contributed by atoms with E-state index >= 15 is 0 Å². The summed E-state index contributed by atoms with van der Waals surface area (Å²) in [4.78, 5) is 0. The Morgan fingerprint density at radius 3 is 2.60 bits per heavy atom. The van der Waals surface area contributed by atoms with Gasteiger partial charge >= 0.3 is 0 Å². The number of aliphatic hydroxyl groups excluding tert-OH is 1. The van der Waals surface area contributed by atoms with Crippen molar-refractivity contribution in [1.82, 2.24) is 0 Å². The second-order valence-corrected chi connectivity index (χ2v) is 0.651. The molecule has 0 aliphatic heterocycles. The maximum absolute atomic E-state index is 7.92. The van der Waals surface area contributed by atoms with Crippen LogP contribution in [0.25, 0.3) is 0 Å². The molecule has 0 fully saturated rings. The molecule has 1 N–H and O–H groups in total. The van der Waals surface area contributed by atoms with Crippen molar-refractivity contribution in [1.29, 1.82) is 0 Å². The van der Waals surface area contributed by atoms with E-state index in [-0.39, 0.29) is 6.61 Å². The lowest BCUT2D eigenvalue weighted by atomic mass is 10.6. The van der Waals surface area contributed by atoms with E-state index in [0.717, 1.165) is 0 Å². The van der Waals surface area contributed by atoms with Crippen LogP contribution in [0.2, 0.25) is 0 Å². The fourth-order valence-corrected chi connectivity index (χ4v) is 0.0913. The van der Waals surface area contributed by atoms with Gasteiger partial charge in [0.1, 0.15) is 0 Å². The lowest BCUT2D eigenvalue weighted by Crippen LogP contribution is -1.67. The molecule has 5 heavy (non-hydrogen) atoms. The van der Waals surface area contributed by atoms with Crippen LogP contribution < -0.4 is 0 Å². The maximum Gasteiger partial charge on any atom is 0.0682 e. The van der Waals surface area contributed by atoms with Crippen molar-refractivity contribution in [3.63, 3.8) is 0 Å². The minimum absolute atomic E-state index is 0.0382. The molecule has 0 heterocycles. The molecule has 0 atom stereocenters. The summed E-state index contributed by atoms with van der Waals surface area (Å²) in [6, 6.07) is 0. The summed E-state index contributed by atoms with van der Waals surface area (Å²) in [5, 5.41) is 7.92. The van der Waals surface area contributed by atoms with Gasteiger partial charge in [0.25, 0.3) is 0 Å². The Balaban J connectivity index is 2.62. The van der Waals surface area contributed by atoms with Crippen LogP contribution in [0.4, 0.5) is 0 Å². The fourth-order valence-electron chi connectivity index (χ4n) is 0.0913. The van der Waals surface area contributed by atoms with E-state index in [0.29, 0.717) is 0 Å². The third-order valence-electron chi connectivity index (χ3n) is 0.295. The van der Waals surface area contributed by atoms with Gasteiger partial charge in [0.15, 0.2) is 0 Å². The summed E-state index contributed by atoms with van der Waals surface area (Å²) in [7, 11) is 0. The average molecular weight is 71.1 g/mol. The molecule has 1 radical (unpaired) electrons. The first kappa shape index (κ1) is 4.70. The van der Waals surface area contributed by atoms with Crippen LogP contribution in [0.3, 0.4) is 0 Å². The lowest BCUT2D eigenvalue weighted by molar-refractivity contribution is 0.336. The Morgan fingerprint density at radius 2 is 2.60 bits per heavy atom. The van der Waals surface area contributed by atoms with Crippen LogP contribution in [0.1, 0.15) is 6.92 Å². The number of aliphatic hydroxyl groups is 1. The summed E-state index contributed by atoms with van der Waals surface area (Å²) >= 11 is 0. The molecule has 0 aliphatic carbocycles. The molecule has 0 amide bonds. The number of rotatable bonds is 1. The van der Waals surface area contributed by atoms with Gasteiger partial charge in [0.05, 0.1) is 6.61 Å². The summed E-state index contributed by atoms with van der Waals surface area (Å²) in [5.74, 6) is 0. The van der Waals surface area contributed by atoms with Crippen molar-refractivity contribution in [3.8, 4) is 0 Å². The molecular weight excluding hydrogens is 64.0 g/mol. The highest BCUT2D eigenvalue weighted by Crippen LogP contribution is 1.58. The predicted molar refractivity (Wildman–Crippen MR) is 20.6 cm³/mol. The van der Waals surface area contributed by atoms with Gasteiger partial charge in [-0.3, -0.25) is 0 Å². The lowest BCUT2D eigenvalue weighted by Gasteiger charge is -1.64. The first-order chi connectivity index (χ1) is 2.41. The molecule has 1 nitrogen and oxygen atoms in total. The van der Waals surface area contributed by atoms with E-state index in [1.807, 2.05) is 6.92 Å². The Morgan fingerprint density at radius 1 is 2.00 bits per heavy atom. The highest BCUT2D eigenvalue weighted by Gasteiger charge is 1.54. The van der Waals surface area contributed by atoms with Crippen LogP contribution in [0.5, 0.6) is 0 Å². The largest absolute Gasteiger partial charge is 0.392 e. The first-order valence-electron chi connectivity index (χ1n) is 1.54. The van der Waals surface area contributed by atoms with Crippen molar-refractivity contribution in [2.45, 2.75) is 6.92 Å². The molecule has 0 aromatic heterocycles. The number of allylic oxidation sites excluding steroid dienone is 1. The average Bonchev–Trinajstić information content (AvgIpc) is 1.41. The molecule has 29 valence electrons. The Kier molecular flexibility index (Phi) is 3.48. The fraction of sp³-hybridized carbons (Fsp3) is 0.500. The van der Waals surface area contributed by atoms with Gasteiger partial charge in [0.2, 0.25) is 0 Å². The van der Waals surface area contributed by atoms with Gasteiger partial charge in [-0.2, -0.15) is 0 Å². The van der Waals surface area contributed by atoms with Gasteiger partial charge < -0.3 is 5.11 Å². The smallest absolute Gasteiger partial charge is 0.0682 e. The van der Waals surface area contributed by atoms with Crippen molar-refractivity contribution in [2.75, 3.05) is 6.61 Å². The van der Waals surface area contributed by atoms with Crippen molar-refractivity contribution < 1.29 is 5.11 Å². The predicted octanol–water partition coefficient (Wildman–Crippen LogP) is 0.358. The van der Waals surface area contributed by atoms with Crippen LogP contribution in [-0.4, -0.2) is 11.7 Å². The SMILES string of the molecule is C/C=[C]\CO. The van der Waals surface area contributed by atoms with Crippen molar-refractivity contribution in [3.05, 3.63) is 12.2 Å². The molecule has 0 aromatic carbocycles. The zero-order valence-corrected chi connectivity index (χ0v) is 3.23. The zero-order chi connectivity index (χ0) is 4.12. The quantitative estimate of drug-likeness (QED) is 0.473. The van der Waals surface area contributed by atoms with E-state index in [9.17, 15) is 0 Å². The van der Waals surface area contributed by atoms with Crippen LogP contribution >= 0.6 is 0 Å². The van der Waals surface area contributed by atoms with Crippen LogP contribution in [-0.2, 0) is 0 Å². The zero-order valence-electron chi connectivity index (χ0n) is 3.23. The van der Waals surface area contributed by atoms with Crippen molar-refractivity contribution in [2.24, 2.45) is 0 Å². The molecule has 1 heteroatoms. The molecular formula is C4H7O. The molecule has 0 saturated heterocycles. The molecule has 0 bridgehead atoms. The summed E-state index contributed by atoms with van der Waals surface area (Å²) in [5.41, 5.74) is 0. The monoisotopic (exact) mass is 71.0 g/mol. The van der Waals surface area contributed by atoms with Gasteiger partial charge in [-0.05, 0) is 13.0 Å². The molecule has 0 aromatic rings. The van der Waals surface area contributed by atoms with Crippen LogP contribution in [0.15, 0.2) is 6.08 Å². The summed E-state index contributed by atoms with van der Waals surface area (Å²) in [6.45, 7) is 1.85. The molecule has 0 aliphatic rings. The Hall–Kier alpha value is -0.300. The normalized spacial score (nSPS) is 10.0. The van der Waals surface area contributed by atoms with E-state index in [4.69, 9.17) is 5.11 Å². The third-order valence-corrected chi connectivity index (χ3v) is 0.295. The highest BCUT2D eigenvalue weighted by molar-refractivity contribution is 4.63. The number of hydrogen-bond donors (Lipinski definition) is 1. The minimum Gasteiger partial charge on any atom is -0.392 e. The first-order valence-corrected chi connectivity index (χ1v) is 1.54. The topological polar surface area (TPSA) is 20.2 Å². The molecule has 0 unspecified atom stereocenters. The molecule has 0 rings (SSSR count). The summed E-state index contributed by atoms with van der Waals surface area (Å²) < 4.78 is 0. The summed E-state index contributed by atoms with van der Waals surface area (Å²) in [6.07, 6.45) is 4.22. The van der Waals surface area contributed by atoms with Gasteiger partial charge in [-0.15, -0.1) is 0 Å².